The number of piperidine rings is 1. The first kappa shape index (κ1) is 15.2. The van der Waals surface area contributed by atoms with Crippen LogP contribution in [0.15, 0.2) is 54.6 Å². The van der Waals surface area contributed by atoms with E-state index in [0.29, 0.717) is 0 Å². The monoisotopic (exact) mass is 320 g/mol. The van der Waals surface area contributed by atoms with Gasteiger partial charge in [0.25, 0.3) is 0 Å². The van der Waals surface area contributed by atoms with Gasteiger partial charge in [0.2, 0.25) is 0 Å². The molecule has 4 nitrogen and oxygen atoms in total. The maximum absolute atomic E-state index is 4.88. The third-order valence-electron chi connectivity index (χ3n) is 4.73. The molecule has 0 radical (unpaired) electrons. The Morgan fingerprint density at radius 2 is 1.62 bits per heavy atom. The van der Waals surface area contributed by atoms with Crippen LogP contribution in [0.25, 0.3) is 11.0 Å². The maximum Gasteiger partial charge on any atom is 0.142 e. The van der Waals surface area contributed by atoms with Gasteiger partial charge in [-0.2, -0.15) is 0 Å². The van der Waals surface area contributed by atoms with Crippen LogP contribution < -0.4 is 5.43 Å². The molecule has 4 heteroatoms. The van der Waals surface area contributed by atoms with Crippen LogP contribution >= 0.6 is 0 Å². The minimum absolute atomic E-state index is 0.800. The normalized spacial score (nSPS) is 15.7. The van der Waals surface area contributed by atoms with E-state index in [-0.39, 0.29) is 0 Å². The first-order chi connectivity index (χ1) is 11.9. The number of hydrogen-bond donors (Lipinski definition) is 1. The van der Waals surface area contributed by atoms with E-state index >= 15 is 0 Å². The molecule has 0 bridgehead atoms. The lowest BCUT2D eigenvalue weighted by molar-refractivity contribution is 0.214. The van der Waals surface area contributed by atoms with Crippen LogP contribution in [0.3, 0.4) is 0 Å². The molecular weight excluding hydrogens is 296 g/mol. The molecule has 1 aromatic heterocycles. The first-order valence-electron chi connectivity index (χ1n) is 8.87. The van der Waals surface area contributed by atoms with Gasteiger partial charge in [-0.1, -0.05) is 48.9 Å². The molecule has 4 rings (SSSR count). The van der Waals surface area contributed by atoms with Gasteiger partial charge in [0, 0.05) is 0 Å². The number of para-hydroxylation sites is 2. The van der Waals surface area contributed by atoms with Crippen molar-refractivity contribution in [3.63, 3.8) is 0 Å². The van der Waals surface area contributed by atoms with Crippen molar-refractivity contribution in [3.8, 4) is 0 Å². The second kappa shape index (κ2) is 7.05. The van der Waals surface area contributed by atoms with Gasteiger partial charge in [-0.05, 0) is 43.6 Å². The molecule has 3 aromatic rings. The molecule has 0 aliphatic carbocycles. The Balaban J connectivity index is 1.59. The molecule has 0 atom stereocenters. The lowest BCUT2D eigenvalue weighted by atomic mass is 10.1. The summed E-state index contributed by atoms with van der Waals surface area (Å²) >= 11 is 0. The van der Waals surface area contributed by atoms with Crippen molar-refractivity contribution >= 4 is 11.0 Å². The number of benzene rings is 2. The SMILES string of the molecule is c1ccc(CNn2c(CN3CCCCC3)nc3ccccc32)cc1. The number of nitrogens with zero attached hydrogens (tertiary/aromatic N) is 3. The van der Waals surface area contributed by atoms with Crippen LogP contribution in [0.2, 0.25) is 0 Å². The van der Waals surface area contributed by atoms with Crippen molar-refractivity contribution in [3.05, 3.63) is 66.0 Å². The summed E-state index contributed by atoms with van der Waals surface area (Å²) in [5, 5.41) is 0. The van der Waals surface area contributed by atoms with E-state index in [1.807, 2.05) is 0 Å². The highest BCUT2D eigenvalue weighted by molar-refractivity contribution is 5.76. The van der Waals surface area contributed by atoms with Crippen LogP contribution in [-0.4, -0.2) is 27.6 Å². The second-order valence-electron chi connectivity index (χ2n) is 6.51. The first-order valence-corrected chi connectivity index (χ1v) is 8.87. The second-order valence-corrected chi connectivity index (χ2v) is 6.51. The van der Waals surface area contributed by atoms with E-state index in [1.54, 1.807) is 0 Å². The Bertz CT molecular complexity index is 788. The van der Waals surface area contributed by atoms with Gasteiger partial charge in [0.1, 0.15) is 5.82 Å². The number of imidazole rings is 1. The Hall–Kier alpha value is -2.33. The zero-order chi connectivity index (χ0) is 16.2. The van der Waals surface area contributed by atoms with Crippen LogP contribution in [0.4, 0.5) is 0 Å². The Kier molecular flexibility index (Phi) is 4.47. The largest absolute Gasteiger partial charge is 0.320 e. The van der Waals surface area contributed by atoms with Crippen molar-refractivity contribution in [2.24, 2.45) is 0 Å². The summed E-state index contributed by atoms with van der Waals surface area (Å²) in [6.45, 7) is 4.08. The fourth-order valence-corrected chi connectivity index (χ4v) is 3.44. The fraction of sp³-hybridized carbons (Fsp3) is 0.350. The van der Waals surface area contributed by atoms with E-state index in [1.165, 1.54) is 37.9 Å². The van der Waals surface area contributed by atoms with Crippen molar-refractivity contribution < 1.29 is 0 Å². The molecule has 2 aromatic carbocycles. The summed E-state index contributed by atoms with van der Waals surface area (Å²) in [6, 6.07) is 18.9. The average Bonchev–Trinajstić information content (AvgIpc) is 2.99. The van der Waals surface area contributed by atoms with Crippen molar-refractivity contribution in [2.45, 2.75) is 32.4 Å². The quantitative estimate of drug-likeness (QED) is 0.777. The minimum Gasteiger partial charge on any atom is -0.320 e. The predicted octanol–water partition coefficient (Wildman–Crippen LogP) is 3.77. The van der Waals surface area contributed by atoms with Gasteiger partial charge >= 0.3 is 0 Å². The third kappa shape index (κ3) is 3.29. The van der Waals surface area contributed by atoms with Gasteiger partial charge in [-0.25, -0.2) is 9.66 Å². The van der Waals surface area contributed by atoms with E-state index in [2.05, 4.69) is 69.6 Å². The van der Waals surface area contributed by atoms with Crippen LogP contribution in [0.5, 0.6) is 0 Å². The summed E-state index contributed by atoms with van der Waals surface area (Å²) in [4.78, 5) is 7.40. The summed E-state index contributed by atoms with van der Waals surface area (Å²) in [6.07, 6.45) is 3.97. The zero-order valence-electron chi connectivity index (χ0n) is 14.0. The van der Waals surface area contributed by atoms with Crippen molar-refractivity contribution in [2.75, 3.05) is 18.5 Å². The number of hydrogen-bond acceptors (Lipinski definition) is 3. The number of aromatic nitrogens is 2. The molecule has 1 aliphatic heterocycles. The minimum atomic E-state index is 0.800. The predicted molar refractivity (Wildman–Crippen MR) is 98.4 cm³/mol. The van der Waals surface area contributed by atoms with Crippen LogP contribution in [0, 0.1) is 0 Å². The lowest BCUT2D eigenvalue weighted by Crippen LogP contribution is -2.31. The highest BCUT2D eigenvalue weighted by Crippen LogP contribution is 2.18. The summed E-state index contributed by atoms with van der Waals surface area (Å²) in [5.41, 5.74) is 7.06. The summed E-state index contributed by atoms with van der Waals surface area (Å²) in [5.74, 6) is 1.11. The van der Waals surface area contributed by atoms with Crippen LogP contribution in [-0.2, 0) is 13.1 Å². The molecule has 0 unspecified atom stereocenters. The van der Waals surface area contributed by atoms with E-state index in [9.17, 15) is 0 Å². The van der Waals surface area contributed by atoms with Crippen molar-refractivity contribution in [1.82, 2.24) is 14.6 Å². The van der Waals surface area contributed by atoms with Gasteiger partial charge < -0.3 is 5.43 Å². The molecule has 2 heterocycles. The highest BCUT2D eigenvalue weighted by Gasteiger charge is 2.16. The molecule has 0 amide bonds. The standard InChI is InChI=1S/C20H24N4/c1-3-9-17(10-4-1)15-21-24-19-12-6-5-11-18(19)22-20(24)16-23-13-7-2-8-14-23/h1,3-6,9-12,21H,2,7-8,13-16H2. The lowest BCUT2D eigenvalue weighted by Gasteiger charge is -2.26. The van der Waals surface area contributed by atoms with Gasteiger partial charge in [0.15, 0.2) is 0 Å². The average molecular weight is 320 g/mol. The molecule has 0 saturated carbocycles. The molecule has 1 N–H and O–H groups in total. The maximum atomic E-state index is 4.88. The Labute approximate surface area is 143 Å². The molecule has 0 spiro atoms. The van der Waals surface area contributed by atoms with Gasteiger partial charge in [-0.3, -0.25) is 4.90 Å². The molecular formula is C20H24N4. The molecule has 1 fully saturated rings. The number of rotatable bonds is 5. The van der Waals surface area contributed by atoms with E-state index in [0.717, 1.165) is 29.9 Å². The van der Waals surface area contributed by atoms with E-state index in [4.69, 9.17) is 4.98 Å². The number of nitrogens with one attached hydrogen (secondary N) is 1. The topological polar surface area (TPSA) is 33.1 Å². The van der Waals surface area contributed by atoms with E-state index < -0.39 is 0 Å². The number of likely N-dealkylation sites (tertiary alicyclic amines) is 1. The third-order valence-corrected chi connectivity index (χ3v) is 4.73. The Morgan fingerprint density at radius 1 is 0.875 bits per heavy atom. The highest BCUT2D eigenvalue weighted by atomic mass is 15.4. The van der Waals surface area contributed by atoms with Crippen molar-refractivity contribution in [1.29, 1.82) is 0 Å². The van der Waals surface area contributed by atoms with Gasteiger partial charge in [0.05, 0.1) is 24.1 Å². The summed E-state index contributed by atoms with van der Waals surface area (Å²) in [7, 11) is 0. The van der Waals surface area contributed by atoms with Crippen LogP contribution in [0.1, 0.15) is 30.7 Å². The fourth-order valence-electron chi connectivity index (χ4n) is 3.44. The van der Waals surface area contributed by atoms with Gasteiger partial charge in [-0.15, -0.1) is 0 Å². The zero-order valence-corrected chi connectivity index (χ0v) is 14.0. The molecule has 124 valence electrons. The molecule has 1 aliphatic rings. The smallest absolute Gasteiger partial charge is 0.142 e. The number of fused-ring (bicyclic) bond motifs is 1. The molecule has 24 heavy (non-hydrogen) atoms. The summed E-state index contributed by atoms with van der Waals surface area (Å²) < 4.78 is 2.18. The Morgan fingerprint density at radius 3 is 2.46 bits per heavy atom. The molecule has 1 saturated heterocycles.